The maximum absolute atomic E-state index is 6.23. The molecule has 0 saturated heterocycles. The Morgan fingerprint density at radius 1 is 1.12 bits per heavy atom. The minimum Gasteiger partial charge on any atom is -0.374 e. The summed E-state index contributed by atoms with van der Waals surface area (Å²) in [4.78, 5) is 0. The Labute approximate surface area is 108 Å². The fraction of sp³-hybridized carbons (Fsp3) is 1.00. The molecule has 0 aliphatic heterocycles. The first-order chi connectivity index (χ1) is 8.18. The third kappa shape index (κ3) is 5.87. The van der Waals surface area contributed by atoms with Gasteiger partial charge < -0.3 is 10.1 Å². The van der Waals surface area contributed by atoms with Crippen LogP contribution in [0.2, 0.25) is 0 Å². The van der Waals surface area contributed by atoms with Crippen molar-refractivity contribution in [2.24, 2.45) is 0 Å². The highest BCUT2D eigenvalue weighted by Crippen LogP contribution is 2.33. The first kappa shape index (κ1) is 15.0. The molecular weight excluding hydrogens is 210 g/mol. The zero-order valence-electron chi connectivity index (χ0n) is 12.1. The second-order valence-corrected chi connectivity index (χ2v) is 5.83. The molecule has 2 heteroatoms. The van der Waals surface area contributed by atoms with Gasteiger partial charge in [0.15, 0.2) is 0 Å². The monoisotopic (exact) mass is 241 g/mol. The van der Waals surface area contributed by atoms with Gasteiger partial charge >= 0.3 is 0 Å². The van der Waals surface area contributed by atoms with Crippen molar-refractivity contribution in [3.63, 3.8) is 0 Å². The molecule has 0 aromatic carbocycles. The standard InChI is InChI=1S/C15H31NO/c1-4-5-6-9-12-17-15(10-7-8-11-15)13-16-14(2)3/h14,16H,4-13H2,1-3H3. The van der Waals surface area contributed by atoms with Gasteiger partial charge in [0.1, 0.15) is 0 Å². The van der Waals surface area contributed by atoms with Crippen LogP contribution < -0.4 is 5.32 Å². The lowest BCUT2D eigenvalue weighted by molar-refractivity contribution is -0.0418. The summed E-state index contributed by atoms with van der Waals surface area (Å²) in [7, 11) is 0. The molecule has 0 amide bonds. The minimum atomic E-state index is 0.163. The van der Waals surface area contributed by atoms with Crippen LogP contribution in [0.3, 0.4) is 0 Å². The number of rotatable bonds is 9. The largest absolute Gasteiger partial charge is 0.374 e. The van der Waals surface area contributed by atoms with E-state index in [9.17, 15) is 0 Å². The predicted molar refractivity (Wildman–Crippen MR) is 74.4 cm³/mol. The summed E-state index contributed by atoms with van der Waals surface area (Å²) < 4.78 is 6.23. The van der Waals surface area contributed by atoms with E-state index in [0.29, 0.717) is 6.04 Å². The highest BCUT2D eigenvalue weighted by atomic mass is 16.5. The van der Waals surface area contributed by atoms with Crippen LogP contribution in [0.5, 0.6) is 0 Å². The number of hydrogen-bond donors (Lipinski definition) is 1. The van der Waals surface area contributed by atoms with E-state index >= 15 is 0 Å². The summed E-state index contributed by atoms with van der Waals surface area (Å²) in [5.41, 5.74) is 0.163. The Morgan fingerprint density at radius 2 is 1.82 bits per heavy atom. The van der Waals surface area contributed by atoms with Gasteiger partial charge in [-0.2, -0.15) is 0 Å². The highest BCUT2D eigenvalue weighted by Gasteiger charge is 2.34. The minimum absolute atomic E-state index is 0.163. The number of hydrogen-bond acceptors (Lipinski definition) is 2. The molecule has 0 radical (unpaired) electrons. The zero-order valence-corrected chi connectivity index (χ0v) is 12.1. The van der Waals surface area contributed by atoms with Gasteiger partial charge in [-0.1, -0.05) is 52.9 Å². The van der Waals surface area contributed by atoms with Crippen molar-refractivity contribution in [2.75, 3.05) is 13.2 Å². The van der Waals surface area contributed by atoms with E-state index in [-0.39, 0.29) is 5.60 Å². The number of ether oxygens (including phenoxy) is 1. The molecule has 102 valence electrons. The van der Waals surface area contributed by atoms with E-state index in [1.165, 1.54) is 51.4 Å². The lowest BCUT2D eigenvalue weighted by atomic mass is 10.0. The molecule has 1 rings (SSSR count). The second kappa shape index (κ2) is 8.10. The molecule has 0 spiro atoms. The molecular formula is C15H31NO. The van der Waals surface area contributed by atoms with Crippen molar-refractivity contribution in [2.45, 2.75) is 83.8 Å². The summed E-state index contributed by atoms with van der Waals surface area (Å²) >= 11 is 0. The summed E-state index contributed by atoms with van der Waals surface area (Å²) in [6.07, 6.45) is 10.4. The molecule has 0 atom stereocenters. The molecule has 0 aromatic heterocycles. The average molecular weight is 241 g/mol. The summed E-state index contributed by atoms with van der Waals surface area (Å²) in [6, 6.07) is 0.566. The molecule has 1 aliphatic rings. The van der Waals surface area contributed by atoms with Gasteiger partial charge in [0.05, 0.1) is 5.60 Å². The van der Waals surface area contributed by atoms with E-state index in [2.05, 4.69) is 26.1 Å². The highest BCUT2D eigenvalue weighted by molar-refractivity contribution is 4.89. The van der Waals surface area contributed by atoms with E-state index in [0.717, 1.165) is 13.2 Å². The fourth-order valence-electron chi connectivity index (χ4n) is 2.60. The van der Waals surface area contributed by atoms with E-state index in [1.54, 1.807) is 0 Å². The molecule has 0 bridgehead atoms. The maximum Gasteiger partial charge on any atom is 0.0806 e. The molecule has 0 heterocycles. The second-order valence-electron chi connectivity index (χ2n) is 5.83. The first-order valence-corrected chi connectivity index (χ1v) is 7.56. The van der Waals surface area contributed by atoms with Gasteiger partial charge in [-0.05, 0) is 19.3 Å². The van der Waals surface area contributed by atoms with E-state index < -0.39 is 0 Å². The topological polar surface area (TPSA) is 21.3 Å². The van der Waals surface area contributed by atoms with Crippen LogP contribution >= 0.6 is 0 Å². The van der Waals surface area contributed by atoms with Crippen molar-refractivity contribution < 1.29 is 4.74 Å². The van der Waals surface area contributed by atoms with Gasteiger partial charge in [-0.25, -0.2) is 0 Å². The molecule has 0 aromatic rings. The average Bonchev–Trinajstić information content (AvgIpc) is 2.76. The molecule has 1 saturated carbocycles. The van der Waals surface area contributed by atoms with Gasteiger partial charge in [0.25, 0.3) is 0 Å². The van der Waals surface area contributed by atoms with Crippen molar-refractivity contribution in [1.82, 2.24) is 5.32 Å². The molecule has 1 aliphatic carbocycles. The van der Waals surface area contributed by atoms with Crippen LogP contribution in [-0.4, -0.2) is 24.8 Å². The number of unbranched alkanes of at least 4 members (excludes halogenated alkanes) is 3. The van der Waals surface area contributed by atoms with Crippen molar-refractivity contribution in [1.29, 1.82) is 0 Å². The predicted octanol–water partition coefficient (Wildman–Crippen LogP) is 3.89. The molecule has 17 heavy (non-hydrogen) atoms. The summed E-state index contributed by atoms with van der Waals surface area (Å²) in [5.74, 6) is 0. The third-order valence-corrected chi connectivity index (χ3v) is 3.75. The molecule has 2 nitrogen and oxygen atoms in total. The fourth-order valence-corrected chi connectivity index (χ4v) is 2.60. The van der Waals surface area contributed by atoms with E-state index in [4.69, 9.17) is 4.74 Å². The lowest BCUT2D eigenvalue weighted by Gasteiger charge is -2.31. The summed E-state index contributed by atoms with van der Waals surface area (Å²) in [5, 5.41) is 3.56. The smallest absolute Gasteiger partial charge is 0.0806 e. The van der Waals surface area contributed by atoms with Crippen LogP contribution in [0.1, 0.15) is 72.1 Å². The zero-order chi connectivity index (χ0) is 12.6. The van der Waals surface area contributed by atoms with Gasteiger partial charge in [-0.3, -0.25) is 0 Å². The maximum atomic E-state index is 6.23. The Morgan fingerprint density at radius 3 is 2.41 bits per heavy atom. The molecule has 0 unspecified atom stereocenters. The van der Waals surface area contributed by atoms with Crippen LogP contribution in [0.25, 0.3) is 0 Å². The van der Waals surface area contributed by atoms with E-state index in [1.807, 2.05) is 0 Å². The first-order valence-electron chi connectivity index (χ1n) is 7.56. The normalized spacial score (nSPS) is 19.1. The lowest BCUT2D eigenvalue weighted by Crippen LogP contribution is -2.43. The van der Waals surface area contributed by atoms with Crippen LogP contribution in [0.4, 0.5) is 0 Å². The number of nitrogens with one attached hydrogen (secondary N) is 1. The molecule has 1 N–H and O–H groups in total. The van der Waals surface area contributed by atoms with Crippen molar-refractivity contribution in [3.8, 4) is 0 Å². The Balaban J connectivity index is 2.22. The third-order valence-electron chi connectivity index (χ3n) is 3.75. The summed E-state index contributed by atoms with van der Waals surface area (Å²) in [6.45, 7) is 8.68. The SMILES string of the molecule is CCCCCCOC1(CNC(C)C)CCCC1. The van der Waals surface area contributed by atoms with Crippen molar-refractivity contribution in [3.05, 3.63) is 0 Å². The Kier molecular flexibility index (Phi) is 7.14. The Bertz CT molecular complexity index is 185. The van der Waals surface area contributed by atoms with Crippen LogP contribution in [0, 0.1) is 0 Å². The van der Waals surface area contributed by atoms with Gasteiger partial charge in [0, 0.05) is 19.2 Å². The Hall–Kier alpha value is -0.0800. The van der Waals surface area contributed by atoms with Crippen LogP contribution in [-0.2, 0) is 4.74 Å². The molecule has 1 fully saturated rings. The van der Waals surface area contributed by atoms with Gasteiger partial charge in [-0.15, -0.1) is 0 Å². The van der Waals surface area contributed by atoms with Gasteiger partial charge in [0.2, 0.25) is 0 Å². The van der Waals surface area contributed by atoms with Crippen LogP contribution in [0.15, 0.2) is 0 Å². The van der Waals surface area contributed by atoms with Crippen molar-refractivity contribution >= 4 is 0 Å². The quantitative estimate of drug-likeness (QED) is 0.618.